The topological polar surface area (TPSA) is 128 Å². The number of methoxy groups -OCH3 is 1. The third-order valence-electron chi connectivity index (χ3n) is 5.59. The van der Waals surface area contributed by atoms with Gasteiger partial charge in [-0.3, -0.25) is 14.4 Å². The maximum absolute atomic E-state index is 12.8. The number of amides is 1. The first-order valence-corrected chi connectivity index (χ1v) is 12.4. The second-order valence-corrected chi connectivity index (χ2v) is 9.66. The van der Waals surface area contributed by atoms with Crippen molar-refractivity contribution in [1.82, 2.24) is 10.2 Å². The number of carbonyl (C=O) groups excluding carboxylic acids is 1. The second-order valence-electron chi connectivity index (χ2n) is 8.01. The first-order chi connectivity index (χ1) is 16.2. The van der Waals surface area contributed by atoms with Crippen LogP contribution in [-0.2, 0) is 19.6 Å². The lowest BCUT2D eigenvalue weighted by Gasteiger charge is -2.36. The van der Waals surface area contributed by atoms with E-state index in [1.54, 1.807) is 38.3 Å². The lowest BCUT2D eigenvalue weighted by atomic mass is 10.1. The van der Waals surface area contributed by atoms with Crippen LogP contribution in [0.3, 0.4) is 0 Å². The van der Waals surface area contributed by atoms with E-state index in [9.17, 15) is 23.1 Å². The summed E-state index contributed by atoms with van der Waals surface area (Å²) in [4.78, 5) is 28.0. The van der Waals surface area contributed by atoms with Gasteiger partial charge in [0.05, 0.1) is 29.3 Å². The number of hydrogen-bond donors (Lipinski definition) is 3. The molecule has 0 spiro atoms. The fourth-order valence-electron chi connectivity index (χ4n) is 3.77. The summed E-state index contributed by atoms with van der Waals surface area (Å²) in [7, 11) is -2.37. The van der Waals surface area contributed by atoms with Crippen molar-refractivity contribution < 1.29 is 27.9 Å². The van der Waals surface area contributed by atoms with Crippen LogP contribution in [0.25, 0.3) is 0 Å². The van der Waals surface area contributed by atoms with E-state index in [1.807, 2.05) is 9.80 Å². The molecule has 0 atom stereocenters. The van der Waals surface area contributed by atoms with Crippen molar-refractivity contribution in [2.24, 2.45) is 0 Å². The van der Waals surface area contributed by atoms with Gasteiger partial charge >= 0.3 is 5.97 Å². The minimum absolute atomic E-state index is 0.00543. The van der Waals surface area contributed by atoms with E-state index in [-0.39, 0.29) is 28.6 Å². The number of carboxylic acids is 1. The highest BCUT2D eigenvalue weighted by atomic mass is 32.2. The maximum atomic E-state index is 12.8. The van der Waals surface area contributed by atoms with Crippen LogP contribution in [0, 0.1) is 6.92 Å². The van der Waals surface area contributed by atoms with E-state index >= 15 is 0 Å². The van der Waals surface area contributed by atoms with Gasteiger partial charge in [-0.15, -0.1) is 0 Å². The lowest BCUT2D eigenvalue weighted by molar-refractivity contribution is -0.122. The predicted octanol–water partition coefficient (Wildman–Crippen LogP) is 1.38. The molecule has 1 aliphatic rings. The summed E-state index contributed by atoms with van der Waals surface area (Å²) in [5, 5.41) is 12.5. The molecular formula is C23H30N4O6S. The molecule has 2 aromatic carbocycles. The van der Waals surface area contributed by atoms with Gasteiger partial charge in [0.25, 0.3) is 10.0 Å². The van der Waals surface area contributed by atoms with Gasteiger partial charge in [-0.25, -0.2) is 13.2 Å². The molecule has 1 saturated heterocycles. The van der Waals surface area contributed by atoms with E-state index in [0.29, 0.717) is 50.6 Å². The number of benzene rings is 2. The Balaban J connectivity index is 1.68. The summed E-state index contributed by atoms with van der Waals surface area (Å²) in [6.07, 6.45) is 0. The smallest absolute Gasteiger partial charge is 0.337 e. The number of nitrogens with one attached hydrogen (secondary N) is 2. The Bertz CT molecular complexity index is 1130. The molecule has 1 heterocycles. The van der Waals surface area contributed by atoms with Crippen LogP contribution in [0.15, 0.2) is 47.4 Å². The average molecular weight is 491 g/mol. The SMILES string of the molecule is COCCNC(=O)CN1CCN(c2ccc(NS(=O)(=O)c3ccccc3C)c(C(=O)O)c2)CC1. The van der Waals surface area contributed by atoms with Crippen molar-refractivity contribution in [3.05, 3.63) is 53.6 Å². The molecule has 2 aromatic rings. The average Bonchev–Trinajstić information content (AvgIpc) is 2.80. The third kappa shape index (κ3) is 6.46. The number of piperazine rings is 1. The van der Waals surface area contributed by atoms with E-state index in [4.69, 9.17) is 4.74 Å². The minimum atomic E-state index is -3.94. The molecular weight excluding hydrogens is 460 g/mol. The number of aryl methyl sites for hydroxylation is 1. The lowest BCUT2D eigenvalue weighted by Crippen LogP contribution is -2.49. The Morgan fingerprint density at radius 1 is 1.09 bits per heavy atom. The van der Waals surface area contributed by atoms with Gasteiger partial charge in [0.15, 0.2) is 0 Å². The minimum Gasteiger partial charge on any atom is -0.478 e. The number of nitrogens with zero attached hydrogens (tertiary/aromatic N) is 2. The highest BCUT2D eigenvalue weighted by Crippen LogP contribution is 2.27. The zero-order valence-electron chi connectivity index (χ0n) is 19.3. The maximum Gasteiger partial charge on any atom is 0.337 e. The van der Waals surface area contributed by atoms with Gasteiger partial charge < -0.3 is 20.1 Å². The largest absolute Gasteiger partial charge is 0.478 e. The Morgan fingerprint density at radius 3 is 2.44 bits per heavy atom. The Morgan fingerprint density at radius 2 is 1.79 bits per heavy atom. The highest BCUT2D eigenvalue weighted by molar-refractivity contribution is 7.92. The number of aromatic carboxylic acids is 1. The molecule has 1 fully saturated rings. The molecule has 0 aromatic heterocycles. The van der Waals surface area contributed by atoms with Crippen LogP contribution in [0.5, 0.6) is 0 Å². The van der Waals surface area contributed by atoms with Crippen LogP contribution in [-0.4, -0.2) is 83.3 Å². The van der Waals surface area contributed by atoms with Crippen molar-refractivity contribution in [3.8, 4) is 0 Å². The second kappa shape index (κ2) is 11.3. The van der Waals surface area contributed by atoms with E-state index in [1.165, 1.54) is 18.2 Å². The monoisotopic (exact) mass is 490 g/mol. The Kier molecular flexibility index (Phi) is 8.48. The molecule has 184 valence electrons. The number of ether oxygens (including phenoxy) is 1. The van der Waals surface area contributed by atoms with Crippen molar-refractivity contribution in [3.63, 3.8) is 0 Å². The zero-order valence-corrected chi connectivity index (χ0v) is 20.1. The third-order valence-corrected chi connectivity index (χ3v) is 7.12. The molecule has 0 unspecified atom stereocenters. The van der Waals surface area contributed by atoms with Gasteiger partial charge in [-0.05, 0) is 36.8 Å². The van der Waals surface area contributed by atoms with Crippen molar-refractivity contribution in [1.29, 1.82) is 0 Å². The first-order valence-electron chi connectivity index (χ1n) is 10.9. The van der Waals surface area contributed by atoms with Crippen LogP contribution in [0.2, 0.25) is 0 Å². The number of sulfonamides is 1. The molecule has 0 radical (unpaired) electrons. The quantitative estimate of drug-likeness (QED) is 0.426. The van der Waals surface area contributed by atoms with E-state index in [2.05, 4.69) is 10.0 Å². The summed E-state index contributed by atoms with van der Waals surface area (Å²) in [5.41, 5.74) is 1.12. The van der Waals surface area contributed by atoms with E-state index in [0.717, 1.165) is 0 Å². The standard InChI is InChI=1S/C23H30N4O6S/c1-17-5-3-4-6-21(17)34(31,32)25-20-8-7-18(15-19(20)23(29)30)27-12-10-26(11-13-27)16-22(28)24-9-14-33-2/h3-8,15,25H,9-14,16H2,1-2H3,(H,24,28)(H,29,30). The number of carbonyl (C=O) groups is 2. The number of carboxylic acid groups (broad SMARTS) is 1. The summed E-state index contributed by atoms with van der Waals surface area (Å²) in [6.45, 7) is 5.40. The fraction of sp³-hybridized carbons (Fsp3) is 0.391. The van der Waals surface area contributed by atoms with Gasteiger partial charge in [0.1, 0.15) is 0 Å². The van der Waals surface area contributed by atoms with E-state index < -0.39 is 16.0 Å². The normalized spacial score (nSPS) is 14.6. The number of hydrogen-bond acceptors (Lipinski definition) is 7. The molecule has 34 heavy (non-hydrogen) atoms. The molecule has 0 bridgehead atoms. The van der Waals surface area contributed by atoms with Crippen LogP contribution in [0.4, 0.5) is 11.4 Å². The molecule has 3 rings (SSSR count). The zero-order chi connectivity index (χ0) is 24.7. The molecule has 3 N–H and O–H groups in total. The summed E-state index contributed by atoms with van der Waals surface area (Å²) < 4.78 is 33.0. The molecule has 10 nitrogen and oxygen atoms in total. The molecule has 0 aliphatic carbocycles. The molecule has 0 saturated carbocycles. The Labute approximate surface area is 199 Å². The van der Waals surface area contributed by atoms with Gasteiger partial charge in [-0.1, -0.05) is 18.2 Å². The van der Waals surface area contributed by atoms with Crippen LogP contribution >= 0.6 is 0 Å². The summed E-state index contributed by atoms with van der Waals surface area (Å²) in [5.74, 6) is -1.29. The molecule has 1 amide bonds. The van der Waals surface area contributed by atoms with Crippen molar-refractivity contribution in [2.45, 2.75) is 11.8 Å². The van der Waals surface area contributed by atoms with Gasteiger partial charge in [0, 0.05) is 45.5 Å². The fourth-order valence-corrected chi connectivity index (χ4v) is 5.10. The number of anilines is 2. The highest BCUT2D eigenvalue weighted by Gasteiger charge is 2.23. The Hall–Kier alpha value is -3.15. The van der Waals surface area contributed by atoms with Crippen LogP contribution in [0.1, 0.15) is 15.9 Å². The molecule has 11 heteroatoms. The van der Waals surface area contributed by atoms with Crippen molar-refractivity contribution in [2.75, 3.05) is 62.6 Å². The number of rotatable bonds is 10. The van der Waals surface area contributed by atoms with Crippen LogP contribution < -0.4 is 14.9 Å². The summed E-state index contributed by atoms with van der Waals surface area (Å²) >= 11 is 0. The van der Waals surface area contributed by atoms with Gasteiger partial charge in [-0.2, -0.15) is 0 Å². The summed E-state index contributed by atoms with van der Waals surface area (Å²) in [6, 6.07) is 11.2. The molecule has 1 aliphatic heterocycles. The van der Waals surface area contributed by atoms with Gasteiger partial charge in [0.2, 0.25) is 5.91 Å². The first kappa shape index (κ1) is 25.5. The predicted molar refractivity (Wildman–Crippen MR) is 129 cm³/mol. The van der Waals surface area contributed by atoms with Crippen molar-refractivity contribution >= 4 is 33.3 Å².